The summed E-state index contributed by atoms with van der Waals surface area (Å²) in [5.74, 6) is -0.513. The molecule has 0 saturated heterocycles. The summed E-state index contributed by atoms with van der Waals surface area (Å²) in [5.41, 5.74) is 0.877. The second-order valence-corrected chi connectivity index (χ2v) is 13.5. The predicted molar refractivity (Wildman–Crippen MR) is 172 cm³/mol. The Balaban J connectivity index is 1.73. The maximum atomic E-state index is 14.2. The molecule has 1 saturated carbocycles. The van der Waals surface area contributed by atoms with Crippen LogP contribution in [0.15, 0.2) is 82.6 Å². The van der Waals surface area contributed by atoms with Crippen LogP contribution in [0.5, 0.6) is 5.75 Å². The van der Waals surface area contributed by atoms with Crippen molar-refractivity contribution >= 4 is 50.9 Å². The van der Waals surface area contributed by atoms with Gasteiger partial charge in [-0.3, -0.25) is 13.9 Å². The normalized spacial score (nSPS) is 14.2. The van der Waals surface area contributed by atoms with Crippen molar-refractivity contribution < 1.29 is 22.7 Å². The Morgan fingerprint density at radius 1 is 1.02 bits per heavy atom. The second kappa shape index (κ2) is 15.0. The molecule has 1 fully saturated rings. The highest BCUT2D eigenvalue weighted by Gasteiger charge is 2.34. The molecule has 11 heteroatoms. The van der Waals surface area contributed by atoms with E-state index in [-0.39, 0.29) is 29.1 Å². The van der Waals surface area contributed by atoms with Crippen LogP contribution in [0, 0.1) is 0 Å². The summed E-state index contributed by atoms with van der Waals surface area (Å²) >= 11 is 7.96. The first-order chi connectivity index (χ1) is 20.6. The number of para-hydroxylation sites is 2. The van der Waals surface area contributed by atoms with E-state index in [4.69, 9.17) is 16.3 Å². The third kappa shape index (κ3) is 8.04. The maximum Gasteiger partial charge on any atom is 0.264 e. The van der Waals surface area contributed by atoms with Gasteiger partial charge < -0.3 is 15.0 Å². The number of benzene rings is 3. The van der Waals surface area contributed by atoms with E-state index >= 15 is 0 Å². The molecule has 0 aromatic heterocycles. The van der Waals surface area contributed by atoms with Crippen molar-refractivity contribution in [2.75, 3.05) is 23.7 Å². The molecular formula is C32H38ClN3O5S2. The zero-order valence-corrected chi connectivity index (χ0v) is 27.1. The number of amides is 2. The Bertz CT molecular complexity index is 1510. The van der Waals surface area contributed by atoms with Crippen molar-refractivity contribution in [3.05, 3.63) is 83.4 Å². The molecule has 1 aliphatic rings. The quantitative estimate of drug-likeness (QED) is 0.225. The largest absolute Gasteiger partial charge is 0.492 e. The number of anilines is 1. The Labute approximate surface area is 263 Å². The van der Waals surface area contributed by atoms with Crippen LogP contribution in [0.4, 0.5) is 5.69 Å². The zero-order chi connectivity index (χ0) is 31.0. The van der Waals surface area contributed by atoms with Gasteiger partial charge in [0.25, 0.3) is 10.0 Å². The highest BCUT2D eigenvalue weighted by atomic mass is 35.5. The third-order valence-electron chi connectivity index (χ3n) is 7.53. The fourth-order valence-electron chi connectivity index (χ4n) is 5.11. The molecule has 0 heterocycles. The van der Waals surface area contributed by atoms with Crippen LogP contribution >= 0.6 is 23.4 Å². The van der Waals surface area contributed by atoms with Gasteiger partial charge in [0.15, 0.2) is 0 Å². The summed E-state index contributed by atoms with van der Waals surface area (Å²) in [6.45, 7) is 3.24. The second-order valence-electron chi connectivity index (χ2n) is 10.4. The van der Waals surface area contributed by atoms with E-state index in [9.17, 15) is 18.0 Å². The predicted octanol–water partition coefficient (Wildman–Crippen LogP) is 6.13. The summed E-state index contributed by atoms with van der Waals surface area (Å²) in [6.07, 6.45) is 5.79. The van der Waals surface area contributed by atoms with Gasteiger partial charge in [-0.15, -0.1) is 11.8 Å². The molecule has 8 nitrogen and oxygen atoms in total. The lowest BCUT2D eigenvalue weighted by Crippen LogP contribution is -2.52. The van der Waals surface area contributed by atoms with Crippen molar-refractivity contribution in [3.63, 3.8) is 0 Å². The van der Waals surface area contributed by atoms with E-state index in [0.717, 1.165) is 34.9 Å². The molecule has 0 radical (unpaired) electrons. The molecule has 230 valence electrons. The number of sulfonamides is 1. The third-order valence-corrected chi connectivity index (χ3v) is 10.4. The summed E-state index contributed by atoms with van der Waals surface area (Å²) < 4.78 is 35.2. The minimum absolute atomic E-state index is 0.0289. The first-order valence-corrected chi connectivity index (χ1v) is 17.4. The molecule has 2 amide bonds. The average Bonchev–Trinajstić information content (AvgIpc) is 3.52. The van der Waals surface area contributed by atoms with Crippen LogP contribution < -0.4 is 14.4 Å². The number of nitrogens with zero attached hydrogens (tertiary/aromatic N) is 2. The fourth-order valence-corrected chi connectivity index (χ4v) is 7.14. The molecule has 4 rings (SSSR count). The van der Waals surface area contributed by atoms with Gasteiger partial charge in [-0.25, -0.2) is 8.42 Å². The summed E-state index contributed by atoms with van der Waals surface area (Å²) in [5, 5.41) is 3.52. The number of thioether (sulfide) groups is 1. The molecule has 1 atom stereocenters. The minimum Gasteiger partial charge on any atom is -0.492 e. The van der Waals surface area contributed by atoms with E-state index in [2.05, 4.69) is 5.32 Å². The maximum absolute atomic E-state index is 14.2. The van der Waals surface area contributed by atoms with Crippen molar-refractivity contribution in [1.82, 2.24) is 10.2 Å². The highest BCUT2D eigenvalue weighted by Crippen LogP contribution is 2.33. The van der Waals surface area contributed by atoms with Gasteiger partial charge in [-0.2, -0.15) is 0 Å². The average molecular weight is 644 g/mol. The summed E-state index contributed by atoms with van der Waals surface area (Å²) in [7, 11) is -4.22. The van der Waals surface area contributed by atoms with Crippen LogP contribution in [0.25, 0.3) is 0 Å². The van der Waals surface area contributed by atoms with Gasteiger partial charge >= 0.3 is 0 Å². The van der Waals surface area contributed by atoms with E-state index in [1.807, 2.05) is 6.26 Å². The van der Waals surface area contributed by atoms with Crippen LogP contribution in [0.2, 0.25) is 5.02 Å². The van der Waals surface area contributed by atoms with Gasteiger partial charge in [0.2, 0.25) is 11.8 Å². The molecule has 0 bridgehead atoms. The molecular weight excluding hydrogens is 606 g/mol. The monoisotopic (exact) mass is 643 g/mol. The van der Waals surface area contributed by atoms with Crippen molar-refractivity contribution in [1.29, 1.82) is 0 Å². The van der Waals surface area contributed by atoms with E-state index in [1.54, 1.807) is 74.5 Å². The Morgan fingerprint density at radius 3 is 2.33 bits per heavy atom. The van der Waals surface area contributed by atoms with Crippen molar-refractivity contribution in [2.45, 2.75) is 68.0 Å². The number of ether oxygens (including phenoxy) is 1. The SMILES string of the molecule is CCOc1ccccc1N(CC(=O)N(Cc1ccccc1Cl)C(C)C(=O)NC1CCCC1)S(=O)(=O)c1ccc(SC)cc1. The molecule has 3 aromatic carbocycles. The van der Waals surface area contributed by atoms with Gasteiger partial charge in [-0.1, -0.05) is 54.8 Å². The van der Waals surface area contributed by atoms with Crippen LogP contribution in [-0.2, 0) is 26.2 Å². The Kier molecular flexibility index (Phi) is 11.4. The van der Waals surface area contributed by atoms with Gasteiger partial charge in [0.05, 0.1) is 17.2 Å². The lowest BCUT2D eigenvalue weighted by molar-refractivity contribution is -0.139. The van der Waals surface area contributed by atoms with E-state index in [0.29, 0.717) is 22.9 Å². The number of carbonyl (C=O) groups excluding carboxylic acids is 2. The first-order valence-electron chi connectivity index (χ1n) is 14.4. The van der Waals surface area contributed by atoms with E-state index in [1.165, 1.54) is 28.8 Å². The molecule has 43 heavy (non-hydrogen) atoms. The number of hydrogen-bond acceptors (Lipinski definition) is 6. The summed E-state index contributed by atoms with van der Waals surface area (Å²) in [6, 6.07) is 19.5. The Hall–Kier alpha value is -3.21. The highest BCUT2D eigenvalue weighted by molar-refractivity contribution is 7.98. The molecule has 1 unspecified atom stereocenters. The molecule has 3 aromatic rings. The van der Waals surface area contributed by atoms with Gasteiger partial charge in [-0.05, 0) is 81.0 Å². The number of rotatable bonds is 13. The topological polar surface area (TPSA) is 96.0 Å². The van der Waals surface area contributed by atoms with Gasteiger partial charge in [0, 0.05) is 22.5 Å². The molecule has 1 N–H and O–H groups in total. The number of carbonyl (C=O) groups is 2. The number of halogens is 1. The van der Waals surface area contributed by atoms with Crippen molar-refractivity contribution in [3.8, 4) is 5.75 Å². The first kappa shape index (κ1) is 32.7. The lowest BCUT2D eigenvalue weighted by atomic mass is 10.1. The van der Waals surface area contributed by atoms with Crippen molar-refractivity contribution in [2.24, 2.45) is 0 Å². The van der Waals surface area contributed by atoms with E-state index < -0.39 is 28.5 Å². The molecule has 0 aliphatic heterocycles. The summed E-state index contributed by atoms with van der Waals surface area (Å²) in [4.78, 5) is 30.0. The fraction of sp³-hybridized carbons (Fsp3) is 0.375. The van der Waals surface area contributed by atoms with Crippen LogP contribution in [-0.4, -0.2) is 56.6 Å². The number of nitrogens with one attached hydrogen (secondary N) is 1. The Morgan fingerprint density at radius 2 is 1.67 bits per heavy atom. The van der Waals surface area contributed by atoms with Crippen LogP contribution in [0.3, 0.4) is 0 Å². The molecule has 1 aliphatic carbocycles. The smallest absolute Gasteiger partial charge is 0.264 e. The number of hydrogen-bond donors (Lipinski definition) is 1. The standard InChI is InChI=1S/C32H38ClN3O5S2/c1-4-41-30-16-10-9-15-29(30)36(43(39,40)27-19-17-26(42-3)18-20-27)22-31(37)35(21-24-11-5-8-14-28(24)33)23(2)32(38)34-25-12-6-7-13-25/h5,8-11,14-20,23,25H,4,6-7,12-13,21-22H2,1-3H3,(H,34,38). The zero-order valence-electron chi connectivity index (χ0n) is 24.7. The molecule has 0 spiro atoms. The lowest BCUT2D eigenvalue weighted by Gasteiger charge is -2.33. The van der Waals surface area contributed by atoms with Gasteiger partial charge in [0.1, 0.15) is 18.3 Å². The minimum atomic E-state index is -4.22. The van der Waals surface area contributed by atoms with Crippen LogP contribution in [0.1, 0.15) is 45.1 Å².